The van der Waals surface area contributed by atoms with Gasteiger partial charge in [-0.2, -0.15) is 13.2 Å². The highest BCUT2D eigenvalue weighted by Gasteiger charge is 2.35. The lowest BCUT2D eigenvalue weighted by molar-refractivity contribution is -0.137. The standard InChI is InChI=1S/C25H28ClF3N2O2/c1-14-10-18(8-9-24(14,4)5)30-23(33)20-13-19(11-15(2)32)31(16(20)3)22-7-6-17(26)12-21(22)25(27,28)29/h6-8,10,12-13,15,32H,9,11H2,1-5H3,(H,30,33)/t15-/m0/s1. The number of aliphatic hydroxyl groups is 1. The van der Waals surface area contributed by atoms with Crippen LogP contribution in [0.4, 0.5) is 13.2 Å². The lowest BCUT2D eigenvalue weighted by Gasteiger charge is -2.28. The van der Waals surface area contributed by atoms with Gasteiger partial charge in [0, 0.05) is 28.5 Å². The number of carbonyl (C=O) groups excluding carboxylic acids is 1. The molecule has 0 radical (unpaired) electrons. The fourth-order valence-corrected chi connectivity index (χ4v) is 4.09. The molecule has 1 amide bonds. The Labute approximate surface area is 196 Å². The predicted octanol–water partition coefficient (Wildman–Crippen LogP) is 6.37. The Bertz CT molecular complexity index is 1140. The fourth-order valence-electron chi connectivity index (χ4n) is 3.92. The summed E-state index contributed by atoms with van der Waals surface area (Å²) >= 11 is 5.85. The van der Waals surface area contributed by atoms with Crippen LogP contribution in [0.25, 0.3) is 5.69 Å². The molecule has 33 heavy (non-hydrogen) atoms. The molecule has 1 heterocycles. The first-order chi connectivity index (χ1) is 15.2. The van der Waals surface area contributed by atoms with Gasteiger partial charge in [0.25, 0.3) is 5.91 Å². The second kappa shape index (κ2) is 9.03. The van der Waals surface area contributed by atoms with Crippen LogP contribution in [0.3, 0.4) is 0 Å². The third kappa shape index (κ3) is 5.36. The first kappa shape index (κ1) is 25.1. The van der Waals surface area contributed by atoms with Crippen LogP contribution in [0, 0.1) is 12.3 Å². The topological polar surface area (TPSA) is 54.3 Å². The Morgan fingerprint density at radius 2 is 1.94 bits per heavy atom. The molecule has 1 aliphatic rings. The smallest absolute Gasteiger partial charge is 0.393 e. The number of hydrogen-bond donors (Lipinski definition) is 2. The van der Waals surface area contributed by atoms with Gasteiger partial charge in [0.2, 0.25) is 0 Å². The van der Waals surface area contributed by atoms with Crippen LogP contribution < -0.4 is 5.32 Å². The molecule has 0 bridgehead atoms. The Morgan fingerprint density at radius 1 is 1.27 bits per heavy atom. The van der Waals surface area contributed by atoms with Gasteiger partial charge >= 0.3 is 6.18 Å². The zero-order valence-electron chi connectivity index (χ0n) is 19.3. The van der Waals surface area contributed by atoms with E-state index in [9.17, 15) is 23.1 Å². The number of amides is 1. The number of aliphatic hydroxyl groups excluding tert-OH is 1. The number of nitrogens with one attached hydrogen (secondary N) is 1. The Balaban J connectivity index is 2.08. The van der Waals surface area contributed by atoms with E-state index in [1.165, 1.54) is 22.8 Å². The zero-order valence-corrected chi connectivity index (χ0v) is 20.0. The molecular formula is C25H28ClF3N2O2. The van der Waals surface area contributed by atoms with E-state index in [0.29, 0.717) is 17.1 Å². The minimum atomic E-state index is -4.65. The van der Waals surface area contributed by atoms with E-state index in [4.69, 9.17) is 11.6 Å². The first-order valence-electron chi connectivity index (χ1n) is 10.7. The highest BCUT2D eigenvalue weighted by atomic mass is 35.5. The molecule has 2 N–H and O–H groups in total. The Morgan fingerprint density at radius 3 is 2.52 bits per heavy atom. The molecule has 178 valence electrons. The van der Waals surface area contributed by atoms with E-state index in [0.717, 1.165) is 18.1 Å². The van der Waals surface area contributed by atoms with E-state index < -0.39 is 23.8 Å². The van der Waals surface area contributed by atoms with Crippen molar-refractivity contribution >= 4 is 17.5 Å². The zero-order chi connectivity index (χ0) is 24.7. The molecule has 1 aromatic heterocycles. The monoisotopic (exact) mass is 480 g/mol. The lowest BCUT2D eigenvalue weighted by atomic mass is 9.78. The molecule has 1 atom stereocenters. The number of benzene rings is 1. The summed E-state index contributed by atoms with van der Waals surface area (Å²) in [4.78, 5) is 13.1. The van der Waals surface area contributed by atoms with Crippen molar-refractivity contribution < 1.29 is 23.1 Å². The SMILES string of the molecule is CC1=CC(NC(=O)c2cc(C[C@H](C)O)n(-c3ccc(Cl)cc3C(F)(F)F)c2C)=CCC1(C)C. The lowest BCUT2D eigenvalue weighted by Crippen LogP contribution is -2.26. The van der Waals surface area contributed by atoms with Crippen LogP contribution in [0.1, 0.15) is 61.4 Å². The van der Waals surface area contributed by atoms with Crippen molar-refractivity contribution in [3.05, 3.63) is 75.2 Å². The maximum absolute atomic E-state index is 13.8. The third-order valence-corrected chi connectivity index (χ3v) is 6.34. The van der Waals surface area contributed by atoms with Gasteiger partial charge in [-0.05, 0) is 62.9 Å². The number of allylic oxidation sites excluding steroid dienone is 3. The van der Waals surface area contributed by atoms with Crippen LogP contribution in [0.5, 0.6) is 0 Å². The number of halogens is 4. The summed E-state index contributed by atoms with van der Waals surface area (Å²) in [6.45, 7) is 9.37. The minimum Gasteiger partial charge on any atom is -0.393 e. The van der Waals surface area contributed by atoms with Gasteiger partial charge in [-0.15, -0.1) is 0 Å². The highest BCUT2D eigenvalue weighted by Crippen LogP contribution is 2.38. The Kier molecular flexibility index (Phi) is 6.87. The largest absolute Gasteiger partial charge is 0.418 e. The number of rotatable bonds is 5. The summed E-state index contributed by atoms with van der Waals surface area (Å²) < 4.78 is 42.8. The van der Waals surface area contributed by atoms with Gasteiger partial charge in [-0.1, -0.05) is 37.1 Å². The summed E-state index contributed by atoms with van der Waals surface area (Å²) in [6.07, 6.45) is -0.782. The molecule has 3 rings (SSSR count). The normalized spacial score (nSPS) is 16.8. The van der Waals surface area contributed by atoms with E-state index in [1.807, 2.05) is 19.1 Å². The van der Waals surface area contributed by atoms with Crippen molar-refractivity contribution in [3.8, 4) is 5.69 Å². The van der Waals surface area contributed by atoms with Crippen molar-refractivity contribution in [2.24, 2.45) is 5.41 Å². The number of hydrogen-bond acceptors (Lipinski definition) is 2. The molecule has 1 aromatic carbocycles. The maximum atomic E-state index is 13.8. The molecule has 1 aliphatic carbocycles. The molecule has 0 aliphatic heterocycles. The quantitative estimate of drug-likeness (QED) is 0.522. The van der Waals surface area contributed by atoms with Crippen LogP contribution in [-0.4, -0.2) is 21.7 Å². The average Bonchev–Trinajstić information content (AvgIpc) is 3.00. The van der Waals surface area contributed by atoms with Gasteiger partial charge in [0.05, 0.1) is 22.9 Å². The maximum Gasteiger partial charge on any atom is 0.418 e. The minimum absolute atomic E-state index is 0.000482. The first-order valence-corrected chi connectivity index (χ1v) is 11.0. The molecule has 0 saturated carbocycles. The number of carbonyl (C=O) groups is 1. The number of alkyl halides is 3. The van der Waals surface area contributed by atoms with E-state index in [-0.39, 0.29) is 28.1 Å². The molecular weight excluding hydrogens is 453 g/mol. The van der Waals surface area contributed by atoms with Gasteiger partial charge in [0.1, 0.15) is 0 Å². The summed E-state index contributed by atoms with van der Waals surface area (Å²) in [7, 11) is 0. The van der Waals surface area contributed by atoms with Crippen LogP contribution in [0.15, 0.2) is 47.7 Å². The van der Waals surface area contributed by atoms with Gasteiger partial charge in [0.15, 0.2) is 0 Å². The van der Waals surface area contributed by atoms with E-state index >= 15 is 0 Å². The summed E-state index contributed by atoms with van der Waals surface area (Å²) in [6, 6.07) is 5.06. The van der Waals surface area contributed by atoms with Crippen molar-refractivity contribution in [2.75, 3.05) is 0 Å². The second-order valence-corrected chi connectivity index (χ2v) is 9.65. The van der Waals surface area contributed by atoms with Crippen LogP contribution in [-0.2, 0) is 12.6 Å². The second-order valence-electron chi connectivity index (χ2n) is 9.21. The number of nitrogens with zero attached hydrogens (tertiary/aromatic N) is 1. The van der Waals surface area contributed by atoms with Crippen molar-refractivity contribution in [2.45, 2.75) is 59.7 Å². The van der Waals surface area contributed by atoms with Crippen molar-refractivity contribution in [3.63, 3.8) is 0 Å². The van der Waals surface area contributed by atoms with Gasteiger partial charge < -0.3 is 15.0 Å². The van der Waals surface area contributed by atoms with E-state index in [1.54, 1.807) is 13.8 Å². The van der Waals surface area contributed by atoms with Gasteiger partial charge in [-0.3, -0.25) is 4.79 Å². The molecule has 0 spiro atoms. The fraction of sp³-hybridized carbons (Fsp3) is 0.400. The third-order valence-electron chi connectivity index (χ3n) is 6.11. The van der Waals surface area contributed by atoms with Gasteiger partial charge in [-0.25, -0.2) is 0 Å². The average molecular weight is 481 g/mol. The van der Waals surface area contributed by atoms with Crippen LogP contribution >= 0.6 is 11.6 Å². The molecule has 0 saturated heterocycles. The molecule has 0 unspecified atom stereocenters. The summed E-state index contributed by atoms with van der Waals surface area (Å²) in [5, 5.41) is 12.8. The molecule has 0 fully saturated rings. The summed E-state index contributed by atoms with van der Waals surface area (Å²) in [5.74, 6) is -0.421. The van der Waals surface area contributed by atoms with Crippen molar-refractivity contribution in [1.82, 2.24) is 9.88 Å². The van der Waals surface area contributed by atoms with Crippen molar-refractivity contribution in [1.29, 1.82) is 0 Å². The molecule has 2 aromatic rings. The summed E-state index contributed by atoms with van der Waals surface area (Å²) in [5.41, 5.74) is 1.70. The highest BCUT2D eigenvalue weighted by molar-refractivity contribution is 6.30. The molecule has 4 nitrogen and oxygen atoms in total. The predicted molar refractivity (Wildman–Crippen MR) is 124 cm³/mol. The Hall–Kier alpha value is -2.51. The number of aromatic nitrogens is 1. The molecule has 8 heteroatoms. The van der Waals surface area contributed by atoms with Crippen LogP contribution in [0.2, 0.25) is 5.02 Å². The van der Waals surface area contributed by atoms with E-state index in [2.05, 4.69) is 19.2 Å².